The summed E-state index contributed by atoms with van der Waals surface area (Å²) >= 11 is 4.04. The van der Waals surface area contributed by atoms with Crippen LogP contribution in [0, 0.1) is 0 Å². The Hall–Kier alpha value is -2.33. The number of carbonyl (C=O) groups is 4. The average molecular weight is 472 g/mol. The van der Waals surface area contributed by atoms with Crippen LogP contribution in [0.15, 0.2) is 27.6 Å². The fourth-order valence-corrected chi connectivity index (χ4v) is 3.42. The first kappa shape index (κ1) is 22.0. The minimum Gasteiger partial charge on any atom is -0.481 e. The topological polar surface area (TPSA) is 99.2 Å². The third kappa shape index (κ3) is 5.83. The summed E-state index contributed by atoms with van der Waals surface area (Å²) in [4.78, 5) is 48.6. The van der Waals surface area contributed by atoms with Crippen LogP contribution in [-0.4, -0.2) is 54.4 Å². The molecule has 2 rings (SSSR count). The summed E-state index contributed by atoms with van der Waals surface area (Å²) in [6, 6.07) is 5.02. The highest BCUT2D eigenvalue weighted by Gasteiger charge is 2.36. The molecule has 0 atom stereocenters. The molecule has 0 saturated carbocycles. The molecule has 1 saturated heterocycles. The van der Waals surface area contributed by atoms with Crippen molar-refractivity contribution in [3.63, 3.8) is 0 Å². The van der Waals surface area contributed by atoms with Crippen molar-refractivity contribution >= 4 is 56.9 Å². The molecule has 0 radical (unpaired) electrons. The highest BCUT2D eigenvalue weighted by Crippen LogP contribution is 2.34. The largest absolute Gasteiger partial charge is 0.481 e. The summed E-state index contributed by atoms with van der Waals surface area (Å²) in [6.07, 6.45) is 1.47. The van der Waals surface area contributed by atoms with Gasteiger partial charge in [0.25, 0.3) is 11.1 Å². The normalized spacial score (nSPS) is 15.1. The Morgan fingerprint density at radius 1 is 1.14 bits per heavy atom. The zero-order valence-electron chi connectivity index (χ0n) is 15.2. The van der Waals surface area contributed by atoms with Crippen molar-refractivity contribution in [3.05, 3.63) is 33.1 Å². The minimum atomic E-state index is -0.660. The number of carbonyl (C=O) groups excluding carboxylic acids is 4. The number of nitrogens with zero attached hydrogens (tertiary/aromatic N) is 1. The summed E-state index contributed by atoms with van der Waals surface area (Å²) < 4.78 is 15.8. The van der Waals surface area contributed by atoms with Crippen LogP contribution in [0.4, 0.5) is 4.79 Å². The molecule has 0 N–H and O–H groups in total. The van der Waals surface area contributed by atoms with Gasteiger partial charge in [-0.1, -0.05) is 15.9 Å². The monoisotopic (exact) mass is 471 g/mol. The second-order valence-corrected chi connectivity index (χ2v) is 7.26. The van der Waals surface area contributed by atoms with Crippen molar-refractivity contribution in [2.45, 2.75) is 13.8 Å². The molecule has 150 valence electrons. The molecule has 1 aliphatic rings. The maximum absolute atomic E-state index is 12.5. The third-order valence-electron chi connectivity index (χ3n) is 3.38. The van der Waals surface area contributed by atoms with Gasteiger partial charge in [0.05, 0.1) is 18.1 Å². The average Bonchev–Trinajstić information content (AvgIpc) is 2.89. The van der Waals surface area contributed by atoms with E-state index < -0.39 is 29.6 Å². The van der Waals surface area contributed by atoms with Gasteiger partial charge >= 0.3 is 11.9 Å². The lowest BCUT2D eigenvalue weighted by Crippen LogP contribution is -2.34. The molecule has 28 heavy (non-hydrogen) atoms. The van der Waals surface area contributed by atoms with Crippen molar-refractivity contribution in [1.29, 1.82) is 0 Å². The Morgan fingerprint density at radius 2 is 1.82 bits per heavy atom. The Labute approximate surface area is 174 Å². The number of esters is 2. The lowest BCUT2D eigenvalue weighted by atomic mass is 10.2. The van der Waals surface area contributed by atoms with Crippen LogP contribution >= 0.6 is 27.7 Å². The van der Waals surface area contributed by atoms with E-state index in [0.717, 1.165) is 4.90 Å². The predicted octanol–water partition coefficient (Wildman–Crippen LogP) is 2.99. The van der Waals surface area contributed by atoms with E-state index in [-0.39, 0.29) is 24.7 Å². The van der Waals surface area contributed by atoms with Crippen molar-refractivity contribution in [2.24, 2.45) is 0 Å². The Balaban J connectivity index is 2.21. The molecule has 1 aromatic rings. The lowest BCUT2D eigenvalue weighted by molar-refractivity contribution is -0.146. The van der Waals surface area contributed by atoms with Gasteiger partial charge in [-0.15, -0.1) is 0 Å². The quantitative estimate of drug-likeness (QED) is 0.421. The van der Waals surface area contributed by atoms with Gasteiger partial charge in [0, 0.05) is 10.0 Å². The van der Waals surface area contributed by atoms with Gasteiger partial charge in [-0.2, -0.15) is 0 Å². The summed E-state index contributed by atoms with van der Waals surface area (Å²) in [5, 5.41) is -0.562. The number of benzene rings is 1. The maximum Gasteiger partial charge on any atom is 0.344 e. The maximum atomic E-state index is 12.5. The smallest absolute Gasteiger partial charge is 0.344 e. The molecule has 2 amide bonds. The number of hydrogen-bond acceptors (Lipinski definition) is 8. The highest BCUT2D eigenvalue weighted by molar-refractivity contribution is 9.10. The highest BCUT2D eigenvalue weighted by atomic mass is 79.9. The standard InChI is InChI=1S/C18H18BrNO7S/c1-3-25-15(21)9-20-17(23)14(28-18(20)24)8-11-7-12(19)5-6-13(11)27-10-16(22)26-4-2/h5-8H,3-4,9-10H2,1-2H3/b14-8+. The summed E-state index contributed by atoms with van der Waals surface area (Å²) in [5.41, 5.74) is 0.486. The lowest BCUT2D eigenvalue weighted by Gasteiger charge is -2.11. The van der Waals surface area contributed by atoms with E-state index in [2.05, 4.69) is 15.9 Å². The number of imide groups is 1. The van der Waals surface area contributed by atoms with Crippen LogP contribution in [0.5, 0.6) is 5.75 Å². The minimum absolute atomic E-state index is 0.133. The van der Waals surface area contributed by atoms with E-state index in [1.54, 1.807) is 32.0 Å². The van der Waals surface area contributed by atoms with Crippen molar-refractivity contribution in [3.8, 4) is 5.75 Å². The molecule has 1 aliphatic heterocycles. The molecule has 0 aliphatic carbocycles. The number of amides is 2. The molecular weight excluding hydrogens is 454 g/mol. The van der Waals surface area contributed by atoms with Crippen molar-refractivity contribution in [2.75, 3.05) is 26.4 Å². The molecule has 1 fully saturated rings. The molecule has 0 unspecified atom stereocenters. The fraction of sp³-hybridized carbons (Fsp3) is 0.333. The molecule has 8 nitrogen and oxygen atoms in total. The number of hydrogen-bond donors (Lipinski definition) is 0. The van der Waals surface area contributed by atoms with Crippen molar-refractivity contribution in [1.82, 2.24) is 4.90 Å². The van der Waals surface area contributed by atoms with Gasteiger partial charge in [-0.3, -0.25) is 19.3 Å². The first-order valence-electron chi connectivity index (χ1n) is 8.34. The second kappa shape index (κ2) is 10.3. The SMILES string of the molecule is CCOC(=O)COc1ccc(Br)cc1/C=C1/SC(=O)N(CC(=O)OCC)C1=O. The summed E-state index contributed by atoms with van der Waals surface area (Å²) in [6.45, 7) is 2.99. The summed E-state index contributed by atoms with van der Waals surface area (Å²) in [7, 11) is 0. The molecular formula is C18H18BrNO7S. The fourth-order valence-electron chi connectivity index (χ4n) is 2.22. The number of thioether (sulfide) groups is 1. The Kier molecular flexibility index (Phi) is 8.06. The van der Waals surface area contributed by atoms with Crippen LogP contribution in [0.25, 0.3) is 6.08 Å². The second-order valence-electron chi connectivity index (χ2n) is 5.35. The van der Waals surface area contributed by atoms with E-state index in [9.17, 15) is 19.2 Å². The first-order valence-corrected chi connectivity index (χ1v) is 9.95. The predicted molar refractivity (Wildman–Crippen MR) is 106 cm³/mol. The van der Waals surface area contributed by atoms with E-state index in [0.29, 0.717) is 27.5 Å². The van der Waals surface area contributed by atoms with Gasteiger partial charge in [-0.25, -0.2) is 4.79 Å². The molecule has 1 heterocycles. The number of halogens is 1. The zero-order chi connectivity index (χ0) is 20.7. The van der Waals surface area contributed by atoms with E-state index in [4.69, 9.17) is 14.2 Å². The van der Waals surface area contributed by atoms with E-state index in [1.165, 1.54) is 6.08 Å². The Morgan fingerprint density at radius 3 is 2.50 bits per heavy atom. The zero-order valence-corrected chi connectivity index (χ0v) is 17.6. The van der Waals surface area contributed by atoms with Gasteiger partial charge in [0.2, 0.25) is 0 Å². The van der Waals surface area contributed by atoms with Gasteiger partial charge in [-0.05, 0) is 49.9 Å². The van der Waals surface area contributed by atoms with Crippen LogP contribution in [0.3, 0.4) is 0 Å². The molecule has 0 spiro atoms. The van der Waals surface area contributed by atoms with Crippen LogP contribution in [0.1, 0.15) is 19.4 Å². The van der Waals surface area contributed by atoms with Crippen molar-refractivity contribution < 1.29 is 33.4 Å². The number of rotatable bonds is 8. The molecule has 1 aromatic carbocycles. The van der Waals surface area contributed by atoms with Gasteiger partial charge < -0.3 is 14.2 Å². The van der Waals surface area contributed by atoms with Crippen LogP contribution in [-0.2, 0) is 23.9 Å². The summed E-state index contributed by atoms with van der Waals surface area (Å²) in [5.74, 6) is -1.44. The molecule has 0 bridgehead atoms. The first-order chi connectivity index (χ1) is 13.3. The van der Waals surface area contributed by atoms with Gasteiger partial charge in [0.1, 0.15) is 12.3 Å². The van der Waals surface area contributed by atoms with E-state index >= 15 is 0 Å². The van der Waals surface area contributed by atoms with Gasteiger partial charge in [0.15, 0.2) is 6.61 Å². The van der Waals surface area contributed by atoms with Crippen LogP contribution in [0.2, 0.25) is 0 Å². The van der Waals surface area contributed by atoms with E-state index in [1.807, 2.05) is 0 Å². The third-order valence-corrected chi connectivity index (χ3v) is 4.78. The molecule has 0 aromatic heterocycles. The Bertz CT molecular complexity index is 824. The molecule has 10 heteroatoms. The number of ether oxygens (including phenoxy) is 3. The van der Waals surface area contributed by atoms with Crippen LogP contribution < -0.4 is 4.74 Å².